The third-order valence-electron chi connectivity index (χ3n) is 9.52. The summed E-state index contributed by atoms with van der Waals surface area (Å²) < 4.78 is 0. The first kappa shape index (κ1) is 26.4. The van der Waals surface area contributed by atoms with Gasteiger partial charge in [0.05, 0.1) is 28.4 Å². The van der Waals surface area contributed by atoms with Gasteiger partial charge in [-0.25, -0.2) is 4.98 Å². The van der Waals surface area contributed by atoms with Gasteiger partial charge in [0.15, 0.2) is 0 Å². The fourth-order valence-corrected chi connectivity index (χ4v) is 7.24. The van der Waals surface area contributed by atoms with Crippen molar-refractivity contribution in [2.75, 3.05) is 9.80 Å². The number of rotatable bonds is 3. The Morgan fingerprint density at radius 3 is 1.68 bits per heavy atom. The molecule has 2 aromatic heterocycles. The summed E-state index contributed by atoms with van der Waals surface area (Å²) in [6, 6.07) is 43.5. The highest BCUT2D eigenvalue weighted by Crippen LogP contribution is 2.58. The monoisotopic (exact) mass is 570 g/mol. The zero-order valence-electron chi connectivity index (χ0n) is 25.5. The fraction of sp³-hybridized carbons (Fsp3) is 0.150. The highest BCUT2D eigenvalue weighted by atomic mass is 15.2. The van der Waals surface area contributed by atoms with Crippen molar-refractivity contribution < 1.29 is 0 Å². The van der Waals surface area contributed by atoms with Crippen LogP contribution in [0.15, 0.2) is 134 Å². The van der Waals surface area contributed by atoms with Crippen LogP contribution >= 0.6 is 0 Å². The minimum Gasteiger partial charge on any atom is -0.310 e. The van der Waals surface area contributed by atoms with Gasteiger partial charge >= 0.3 is 0 Å². The van der Waals surface area contributed by atoms with Gasteiger partial charge in [-0.3, -0.25) is 9.88 Å². The summed E-state index contributed by atoms with van der Waals surface area (Å²) in [4.78, 5) is 14.3. The van der Waals surface area contributed by atoms with Crippen molar-refractivity contribution in [3.05, 3.63) is 156 Å². The number of nitrogens with zero attached hydrogens (tertiary/aromatic N) is 4. The van der Waals surface area contributed by atoms with E-state index in [4.69, 9.17) is 4.98 Å². The summed E-state index contributed by atoms with van der Waals surface area (Å²) in [6.07, 6.45) is 3.73. The normalized spacial score (nSPS) is 15.5. The highest BCUT2D eigenvalue weighted by Gasteiger charge is 2.43. The van der Waals surface area contributed by atoms with E-state index in [0.29, 0.717) is 0 Å². The lowest BCUT2D eigenvalue weighted by atomic mass is 9.68. The second kappa shape index (κ2) is 9.65. The molecule has 4 heteroatoms. The largest absolute Gasteiger partial charge is 0.310 e. The molecule has 2 aliphatic rings. The molecule has 4 heterocycles. The second-order valence-electron chi connectivity index (χ2n) is 12.8. The molecule has 0 aliphatic carbocycles. The summed E-state index contributed by atoms with van der Waals surface area (Å²) in [5.41, 5.74) is 12.7. The van der Waals surface area contributed by atoms with Crippen LogP contribution in [-0.2, 0) is 10.8 Å². The van der Waals surface area contributed by atoms with E-state index in [1.165, 1.54) is 39.3 Å². The van der Waals surface area contributed by atoms with Gasteiger partial charge in [0.1, 0.15) is 5.82 Å². The van der Waals surface area contributed by atoms with Crippen LogP contribution in [0.4, 0.5) is 34.3 Å². The van der Waals surface area contributed by atoms with Crippen LogP contribution in [-0.4, -0.2) is 9.97 Å². The predicted octanol–water partition coefficient (Wildman–Crippen LogP) is 10.4. The molecule has 0 saturated carbocycles. The minimum atomic E-state index is -0.209. The van der Waals surface area contributed by atoms with E-state index in [0.717, 1.165) is 28.5 Å². The van der Waals surface area contributed by atoms with Gasteiger partial charge in [-0.1, -0.05) is 88.4 Å². The smallest absolute Gasteiger partial charge is 0.137 e. The van der Waals surface area contributed by atoms with Gasteiger partial charge in [-0.15, -0.1) is 0 Å². The van der Waals surface area contributed by atoms with E-state index in [2.05, 4.69) is 146 Å². The van der Waals surface area contributed by atoms with E-state index in [1.807, 2.05) is 30.6 Å². The third-order valence-corrected chi connectivity index (χ3v) is 9.52. The zero-order chi connectivity index (χ0) is 30.1. The molecule has 44 heavy (non-hydrogen) atoms. The molecule has 0 N–H and O–H groups in total. The maximum atomic E-state index is 4.85. The Morgan fingerprint density at radius 1 is 0.455 bits per heavy atom. The number of hydrogen-bond acceptors (Lipinski definition) is 4. The number of benzene rings is 4. The number of fused-ring (bicyclic) bond motifs is 4. The first-order valence-electron chi connectivity index (χ1n) is 15.3. The molecule has 214 valence electrons. The molecular weight excluding hydrogens is 536 g/mol. The summed E-state index contributed by atoms with van der Waals surface area (Å²) in [5.74, 6) is 0.913. The number of hydrogen-bond donors (Lipinski definition) is 0. The summed E-state index contributed by atoms with van der Waals surface area (Å²) in [7, 11) is 0. The molecule has 6 aromatic rings. The highest BCUT2D eigenvalue weighted by molar-refractivity contribution is 5.93. The Hall–Kier alpha value is -5.22. The molecule has 0 atom stereocenters. The lowest BCUT2D eigenvalue weighted by molar-refractivity contribution is 0.607. The van der Waals surface area contributed by atoms with Crippen LogP contribution in [0.25, 0.3) is 11.3 Å². The molecular formula is C40H34N4. The number of anilines is 6. The molecule has 0 bridgehead atoms. The van der Waals surface area contributed by atoms with E-state index in [-0.39, 0.29) is 10.8 Å². The number of para-hydroxylation sites is 2. The molecule has 2 aliphatic heterocycles. The quantitative estimate of drug-likeness (QED) is 0.212. The molecule has 0 unspecified atom stereocenters. The van der Waals surface area contributed by atoms with Gasteiger partial charge in [0, 0.05) is 34.5 Å². The van der Waals surface area contributed by atoms with Crippen molar-refractivity contribution in [2.24, 2.45) is 0 Å². The van der Waals surface area contributed by atoms with Crippen LogP contribution < -0.4 is 9.80 Å². The SMILES string of the molecule is CC1(C)c2ccccc2N(c2cccc(-c3ccccn3)c2)c2cc3c(cc21)C(C)(C)c1ccccc1N3c1ccccn1. The number of aromatic nitrogens is 2. The zero-order valence-corrected chi connectivity index (χ0v) is 25.5. The van der Waals surface area contributed by atoms with E-state index < -0.39 is 0 Å². The van der Waals surface area contributed by atoms with Crippen molar-refractivity contribution in [1.29, 1.82) is 0 Å². The average Bonchev–Trinajstić information content (AvgIpc) is 3.06. The van der Waals surface area contributed by atoms with Gasteiger partial charge in [0.25, 0.3) is 0 Å². The molecule has 0 spiro atoms. The standard InChI is InChI=1S/C40H34N4/c1-39(2)29-16-5-7-19-34(29)43(28-15-13-14-27(24-28)33-18-9-11-22-41-33)36-26-37-32(25-31(36)39)40(3,4)30-17-6-8-20-35(30)44(37)38-21-10-12-23-42-38/h5-26H,1-4H3. The lowest BCUT2D eigenvalue weighted by Crippen LogP contribution is -2.35. The van der Waals surface area contributed by atoms with Crippen LogP contribution in [0.2, 0.25) is 0 Å². The van der Waals surface area contributed by atoms with Crippen molar-refractivity contribution in [1.82, 2.24) is 9.97 Å². The van der Waals surface area contributed by atoms with E-state index in [9.17, 15) is 0 Å². The Balaban J connectivity index is 1.43. The van der Waals surface area contributed by atoms with Crippen molar-refractivity contribution in [3.8, 4) is 11.3 Å². The Morgan fingerprint density at radius 2 is 1.05 bits per heavy atom. The Bertz CT molecular complexity index is 2030. The first-order chi connectivity index (χ1) is 21.4. The van der Waals surface area contributed by atoms with Crippen LogP contribution in [0.1, 0.15) is 49.9 Å². The van der Waals surface area contributed by atoms with Gasteiger partial charge in [0.2, 0.25) is 0 Å². The van der Waals surface area contributed by atoms with Crippen LogP contribution in [0, 0.1) is 0 Å². The Kier molecular flexibility index (Phi) is 5.79. The molecule has 8 rings (SSSR count). The van der Waals surface area contributed by atoms with Gasteiger partial charge in [-0.2, -0.15) is 0 Å². The van der Waals surface area contributed by atoms with Crippen molar-refractivity contribution >= 4 is 34.3 Å². The second-order valence-corrected chi connectivity index (χ2v) is 12.8. The maximum absolute atomic E-state index is 4.85. The van der Waals surface area contributed by atoms with Crippen LogP contribution in [0.5, 0.6) is 0 Å². The van der Waals surface area contributed by atoms with Crippen molar-refractivity contribution in [3.63, 3.8) is 0 Å². The third kappa shape index (κ3) is 3.84. The summed E-state index contributed by atoms with van der Waals surface area (Å²) >= 11 is 0. The predicted molar refractivity (Wildman–Crippen MR) is 181 cm³/mol. The fourth-order valence-electron chi connectivity index (χ4n) is 7.24. The molecule has 0 radical (unpaired) electrons. The molecule has 0 fully saturated rings. The molecule has 4 nitrogen and oxygen atoms in total. The maximum Gasteiger partial charge on any atom is 0.137 e. The van der Waals surface area contributed by atoms with Crippen molar-refractivity contribution in [2.45, 2.75) is 38.5 Å². The molecule has 4 aromatic carbocycles. The van der Waals surface area contributed by atoms with Gasteiger partial charge in [-0.05, 0) is 82.9 Å². The molecule has 0 saturated heterocycles. The van der Waals surface area contributed by atoms with Crippen LogP contribution in [0.3, 0.4) is 0 Å². The Labute approximate surface area is 259 Å². The minimum absolute atomic E-state index is 0.205. The summed E-state index contributed by atoms with van der Waals surface area (Å²) in [6.45, 7) is 9.42. The topological polar surface area (TPSA) is 32.3 Å². The van der Waals surface area contributed by atoms with Gasteiger partial charge < -0.3 is 4.90 Å². The number of pyridine rings is 2. The van der Waals surface area contributed by atoms with E-state index >= 15 is 0 Å². The average molecular weight is 571 g/mol. The first-order valence-corrected chi connectivity index (χ1v) is 15.3. The summed E-state index contributed by atoms with van der Waals surface area (Å²) in [5, 5.41) is 0. The lowest BCUT2D eigenvalue weighted by Gasteiger charge is -2.46. The van der Waals surface area contributed by atoms with E-state index in [1.54, 1.807) is 0 Å². The molecule has 0 amide bonds.